The number of anilines is 1. The van der Waals surface area contributed by atoms with Crippen LogP contribution in [0.2, 0.25) is 0 Å². The van der Waals surface area contributed by atoms with E-state index in [0.29, 0.717) is 17.9 Å². The smallest absolute Gasteiger partial charge is 0.343 e. The van der Waals surface area contributed by atoms with Gasteiger partial charge in [0.05, 0.1) is 24.4 Å². The van der Waals surface area contributed by atoms with Crippen LogP contribution in [-0.2, 0) is 14.3 Å². The van der Waals surface area contributed by atoms with E-state index in [1.807, 2.05) is 6.07 Å². The molecule has 0 atom stereocenters. The molecule has 0 aromatic carbocycles. The van der Waals surface area contributed by atoms with E-state index >= 15 is 0 Å². The highest BCUT2D eigenvalue weighted by Crippen LogP contribution is 2.28. The molecule has 0 saturated heterocycles. The molecular weight excluding hydrogens is 374 g/mol. The van der Waals surface area contributed by atoms with Crippen LogP contribution in [-0.4, -0.2) is 42.3 Å². The average Bonchev–Trinajstić information content (AvgIpc) is 2.65. The summed E-state index contributed by atoms with van der Waals surface area (Å²) in [6, 6.07) is 3.44. The van der Waals surface area contributed by atoms with Crippen molar-refractivity contribution in [3.05, 3.63) is 41.1 Å². The Morgan fingerprint density at radius 1 is 1.28 bits per heavy atom. The summed E-state index contributed by atoms with van der Waals surface area (Å²) in [7, 11) is 1.39. The standard InChI is InChI=1S/C21H25N3O5/c1-13(2)28-20(26)16-11-15(12-22)17(23-18(16)27-6)24-9-7-14(8-10-24)19(25)29-21(3,4)5/h7-9,11,13H,10H2,1-6H3. The molecule has 0 amide bonds. The van der Waals surface area contributed by atoms with Crippen LogP contribution in [0.3, 0.4) is 0 Å². The van der Waals surface area contributed by atoms with Crippen molar-refractivity contribution in [3.63, 3.8) is 0 Å². The predicted molar refractivity (Wildman–Crippen MR) is 106 cm³/mol. The maximum atomic E-state index is 12.3. The summed E-state index contributed by atoms with van der Waals surface area (Å²) in [5.41, 5.74) is 0.0817. The van der Waals surface area contributed by atoms with Gasteiger partial charge in [-0.25, -0.2) is 9.59 Å². The first-order chi connectivity index (χ1) is 13.6. The number of hydrogen-bond donors (Lipinski definition) is 0. The zero-order valence-electron chi connectivity index (χ0n) is 17.5. The molecule has 0 aliphatic carbocycles. The fourth-order valence-corrected chi connectivity index (χ4v) is 2.51. The van der Waals surface area contributed by atoms with Crippen LogP contribution in [0.4, 0.5) is 5.82 Å². The lowest BCUT2D eigenvalue weighted by Crippen LogP contribution is -2.27. The van der Waals surface area contributed by atoms with Crippen molar-refractivity contribution >= 4 is 17.8 Å². The van der Waals surface area contributed by atoms with Crippen LogP contribution >= 0.6 is 0 Å². The van der Waals surface area contributed by atoms with Crippen LogP contribution < -0.4 is 9.64 Å². The van der Waals surface area contributed by atoms with Crippen molar-refractivity contribution in [2.75, 3.05) is 18.6 Å². The number of rotatable bonds is 5. The largest absolute Gasteiger partial charge is 0.480 e. The van der Waals surface area contributed by atoms with Crippen molar-refractivity contribution < 1.29 is 23.8 Å². The minimum absolute atomic E-state index is 0.0555. The quantitative estimate of drug-likeness (QED) is 0.696. The topological polar surface area (TPSA) is 102 Å². The first kappa shape index (κ1) is 22.0. The highest BCUT2D eigenvalue weighted by Gasteiger charge is 2.24. The molecule has 8 nitrogen and oxygen atoms in total. The fraction of sp³-hybridized carbons (Fsp3) is 0.429. The Bertz CT molecular complexity index is 904. The van der Waals surface area contributed by atoms with Gasteiger partial charge in [-0.15, -0.1) is 0 Å². The summed E-state index contributed by atoms with van der Waals surface area (Å²) >= 11 is 0. The average molecular weight is 399 g/mol. The highest BCUT2D eigenvalue weighted by molar-refractivity contribution is 5.94. The third-order valence-corrected chi connectivity index (χ3v) is 3.69. The molecule has 0 unspecified atom stereocenters. The third kappa shape index (κ3) is 5.57. The van der Waals surface area contributed by atoms with E-state index in [1.165, 1.54) is 13.2 Å². The van der Waals surface area contributed by atoms with Gasteiger partial charge in [0.1, 0.15) is 17.2 Å². The zero-order valence-corrected chi connectivity index (χ0v) is 17.5. The summed E-state index contributed by atoms with van der Waals surface area (Å²) in [5.74, 6) is -0.680. The molecule has 0 bridgehead atoms. The molecule has 1 aliphatic rings. The summed E-state index contributed by atoms with van der Waals surface area (Å²) in [6.45, 7) is 9.14. The molecule has 154 valence electrons. The molecule has 0 saturated carbocycles. The van der Waals surface area contributed by atoms with Gasteiger partial charge in [-0.2, -0.15) is 10.2 Å². The number of hydrogen-bond acceptors (Lipinski definition) is 8. The fourth-order valence-electron chi connectivity index (χ4n) is 2.51. The van der Waals surface area contributed by atoms with Gasteiger partial charge in [0.2, 0.25) is 5.88 Å². The number of methoxy groups -OCH3 is 1. The molecule has 8 heteroatoms. The number of ether oxygens (including phenoxy) is 3. The Morgan fingerprint density at radius 2 is 1.97 bits per heavy atom. The van der Waals surface area contributed by atoms with Crippen molar-refractivity contribution in [1.29, 1.82) is 5.26 Å². The molecule has 29 heavy (non-hydrogen) atoms. The van der Waals surface area contributed by atoms with Gasteiger partial charge in [0.25, 0.3) is 0 Å². The second-order valence-electron chi connectivity index (χ2n) is 7.61. The predicted octanol–water partition coefficient (Wildman–Crippen LogP) is 3.13. The van der Waals surface area contributed by atoms with Crippen LogP contribution in [0, 0.1) is 11.3 Å². The summed E-state index contributed by atoms with van der Waals surface area (Å²) in [6.07, 6.45) is 4.59. The Labute approximate surface area is 170 Å². The molecule has 1 aliphatic heterocycles. The Hall–Kier alpha value is -3.34. The highest BCUT2D eigenvalue weighted by atomic mass is 16.6. The van der Waals surface area contributed by atoms with E-state index in [4.69, 9.17) is 14.2 Å². The third-order valence-electron chi connectivity index (χ3n) is 3.69. The number of carbonyl (C=O) groups is 2. The SMILES string of the molecule is COc1nc(N2C=CC(C(=O)OC(C)(C)C)=CC2)c(C#N)cc1C(=O)OC(C)C. The van der Waals surface area contributed by atoms with Crippen molar-refractivity contribution in [3.8, 4) is 11.9 Å². The van der Waals surface area contributed by atoms with Crippen LogP contribution in [0.25, 0.3) is 0 Å². The number of pyridine rings is 1. The lowest BCUT2D eigenvalue weighted by Gasteiger charge is -2.25. The number of nitrogens with zero attached hydrogens (tertiary/aromatic N) is 3. The van der Waals surface area contributed by atoms with Gasteiger partial charge < -0.3 is 19.1 Å². The van der Waals surface area contributed by atoms with E-state index in [-0.39, 0.29) is 23.1 Å². The first-order valence-electron chi connectivity index (χ1n) is 9.14. The van der Waals surface area contributed by atoms with E-state index in [1.54, 1.807) is 57.9 Å². The van der Waals surface area contributed by atoms with Gasteiger partial charge in [-0.1, -0.05) is 6.08 Å². The number of carbonyl (C=O) groups excluding carboxylic acids is 2. The van der Waals surface area contributed by atoms with Gasteiger partial charge in [0.15, 0.2) is 5.82 Å². The van der Waals surface area contributed by atoms with Crippen molar-refractivity contribution in [1.82, 2.24) is 4.98 Å². The Kier molecular flexibility index (Phi) is 6.64. The first-order valence-corrected chi connectivity index (χ1v) is 9.14. The summed E-state index contributed by atoms with van der Waals surface area (Å²) < 4.78 is 15.8. The Balaban J connectivity index is 2.30. The molecule has 0 radical (unpaired) electrons. The minimum Gasteiger partial charge on any atom is -0.480 e. The lowest BCUT2D eigenvalue weighted by molar-refractivity contribution is -0.149. The number of esters is 2. The maximum Gasteiger partial charge on any atom is 0.343 e. The minimum atomic E-state index is -0.617. The van der Waals surface area contributed by atoms with Crippen LogP contribution in [0.5, 0.6) is 5.88 Å². The molecule has 2 rings (SSSR count). The molecule has 2 heterocycles. The normalized spacial score (nSPS) is 13.6. The maximum absolute atomic E-state index is 12.3. The molecule has 1 aromatic heterocycles. The van der Waals surface area contributed by atoms with Gasteiger partial charge in [0, 0.05) is 12.7 Å². The summed E-state index contributed by atoms with van der Waals surface area (Å²) in [5, 5.41) is 9.55. The van der Waals surface area contributed by atoms with Gasteiger partial charge in [-0.3, -0.25) is 0 Å². The second kappa shape index (κ2) is 8.78. The molecule has 0 spiro atoms. The van der Waals surface area contributed by atoms with E-state index in [0.717, 1.165) is 0 Å². The monoisotopic (exact) mass is 399 g/mol. The Morgan fingerprint density at radius 3 is 2.45 bits per heavy atom. The van der Waals surface area contributed by atoms with E-state index in [2.05, 4.69) is 4.98 Å². The number of nitriles is 1. The van der Waals surface area contributed by atoms with Crippen molar-refractivity contribution in [2.24, 2.45) is 0 Å². The molecular formula is C21H25N3O5. The molecule has 0 fully saturated rings. The van der Waals surface area contributed by atoms with E-state index < -0.39 is 17.5 Å². The van der Waals surface area contributed by atoms with Gasteiger partial charge >= 0.3 is 11.9 Å². The second-order valence-corrected chi connectivity index (χ2v) is 7.61. The van der Waals surface area contributed by atoms with Gasteiger partial charge in [-0.05, 0) is 46.8 Å². The lowest BCUT2D eigenvalue weighted by atomic mass is 10.1. The summed E-state index contributed by atoms with van der Waals surface area (Å²) in [4.78, 5) is 30.5. The molecule has 0 N–H and O–H groups in total. The molecule has 1 aromatic rings. The van der Waals surface area contributed by atoms with E-state index in [9.17, 15) is 14.9 Å². The van der Waals surface area contributed by atoms with Crippen LogP contribution in [0.1, 0.15) is 50.5 Å². The van der Waals surface area contributed by atoms with Crippen molar-refractivity contribution in [2.45, 2.75) is 46.3 Å². The zero-order chi connectivity index (χ0) is 21.8. The number of aromatic nitrogens is 1. The van der Waals surface area contributed by atoms with Crippen LogP contribution in [0.15, 0.2) is 30.0 Å².